The Morgan fingerprint density at radius 1 is 1.20 bits per heavy atom. The first-order chi connectivity index (χ1) is 12.2. The van der Waals surface area contributed by atoms with Crippen molar-refractivity contribution in [2.24, 2.45) is 5.92 Å². The molecule has 1 fully saturated rings. The molecule has 0 saturated carbocycles. The Morgan fingerprint density at radius 3 is 2.76 bits per heavy atom. The molecule has 0 radical (unpaired) electrons. The summed E-state index contributed by atoms with van der Waals surface area (Å²) < 4.78 is 1.89. The summed E-state index contributed by atoms with van der Waals surface area (Å²) in [6, 6.07) is 7.79. The van der Waals surface area contributed by atoms with Crippen LogP contribution in [0.5, 0.6) is 0 Å². The van der Waals surface area contributed by atoms with Crippen LogP contribution in [0.15, 0.2) is 30.5 Å². The summed E-state index contributed by atoms with van der Waals surface area (Å²) in [4.78, 5) is 23.9. The molecule has 1 aliphatic heterocycles. The molecule has 25 heavy (non-hydrogen) atoms. The first-order valence-corrected chi connectivity index (χ1v) is 8.96. The van der Waals surface area contributed by atoms with Crippen molar-refractivity contribution in [3.8, 4) is 0 Å². The zero-order valence-electron chi connectivity index (χ0n) is 14.7. The summed E-state index contributed by atoms with van der Waals surface area (Å²) in [6.07, 6.45) is 5.71. The molecule has 0 spiro atoms. The minimum Gasteiger partial charge on any atom is -0.358 e. The Hall–Kier alpha value is -2.34. The topological polar surface area (TPSA) is 75.2 Å². The first-order valence-electron chi connectivity index (χ1n) is 8.96. The SMILES string of the molecule is CNC(=O)Cn1ccc2ccc(NC(=O)CCC3CCNCC3)cc21. The fourth-order valence-electron chi connectivity index (χ4n) is 3.36. The Morgan fingerprint density at radius 2 is 2.00 bits per heavy atom. The summed E-state index contributed by atoms with van der Waals surface area (Å²) in [6.45, 7) is 2.39. The van der Waals surface area contributed by atoms with Gasteiger partial charge in [-0.2, -0.15) is 0 Å². The van der Waals surface area contributed by atoms with Gasteiger partial charge >= 0.3 is 0 Å². The second kappa shape index (κ2) is 8.16. The molecule has 1 aliphatic rings. The molecule has 1 saturated heterocycles. The lowest BCUT2D eigenvalue weighted by molar-refractivity contribution is -0.121. The monoisotopic (exact) mass is 342 g/mol. The summed E-state index contributed by atoms with van der Waals surface area (Å²) in [5.41, 5.74) is 1.72. The van der Waals surface area contributed by atoms with Crippen LogP contribution in [0, 0.1) is 5.92 Å². The maximum atomic E-state index is 12.2. The Kier molecular flexibility index (Phi) is 5.71. The van der Waals surface area contributed by atoms with Gasteiger partial charge in [0.15, 0.2) is 0 Å². The van der Waals surface area contributed by atoms with E-state index in [1.54, 1.807) is 7.05 Å². The smallest absolute Gasteiger partial charge is 0.239 e. The molecule has 6 nitrogen and oxygen atoms in total. The molecule has 6 heteroatoms. The number of nitrogens with zero attached hydrogens (tertiary/aromatic N) is 1. The molecule has 2 amide bonds. The third kappa shape index (κ3) is 4.60. The molecule has 0 unspecified atom stereocenters. The van der Waals surface area contributed by atoms with E-state index in [2.05, 4.69) is 16.0 Å². The third-order valence-electron chi connectivity index (χ3n) is 4.89. The van der Waals surface area contributed by atoms with E-state index < -0.39 is 0 Å². The number of hydrogen-bond donors (Lipinski definition) is 3. The number of hydrogen-bond acceptors (Lipinski definition) is 3. The van der Waals surface area contributed by atoms with Gasteiger partial charge in [-0.05, 0) is 61.9 Å². The molecule has 0 atom stereocenters. The maximum absolute atomic E-state index is 12.2. The van der Waals surface area contributed by atoms with Gasteiger partial charge < -0.3 is 20.5 Å². The number of rotatable bonds is 6. The molecule has 1 aromatic carbocycles. The third-order valence-corrected chi connectivity index (χ3v) is 4.89. The standard InChI is InChI=1S/C19H26N4O2/c1-20-19(25)13-23-11-8-15-3-4-16(12-17(15)23)22-18(24)5-2-14-6-9-21-10-7-14/h3-4,8,11-12,14,21H,2,5-7,9-10,13H2,1H3,(H,20,25)(H,22,24). The molecule has 3 N–H and O–H groups in total. The van der Waals surface area contributed by atoms with Gasteiger partial charge in [-0.3, -0.25) is 9.59 Å². The van der Waals surface area contributed by atoms with E-state index >= 15 is 0 Å². The number of benzene rings is 1. The van der Waals surface area contributed by atoms with Crippen LogP contribution in [0.25, 0.3) is 10.9 Å². The van der Waals surface area contributed by atoms with Gasteiger partial charge in [-0.15, -0.1) is 0 Å². The lowest BCUT2D eigenvalue weighted by Crippen LogP contribution is -2.28. The van der Waals surface area contributed by atoms with Crippen LogP contribution >= 0.6 is 0 Å². The van der Waals surface area contributed by atoms with Crippen LogP contribution in [0.2, 0.25) is 0 Å². The fourth-order valence-corrected chi connectivity index (χ4v) is 3.36. The van der Waals surface area contributed by atoms with E-state index in [0.29, 0.717) is 12.3 Å². The number of carbonyl (C=O) groups excluding carboxylic acids is 2. The van der Waals surface area contributed by atoms with Crippen LogP contribution in [0.1, 0.15) is 25.7 Å². The van der Waals surface area contributed by atoms with Gasteiger partial charge in [0.05, 0.1) is 5.52 Å². The van der Waals surface area contributed by atoms with E-state index in [9.17, 15) is 9.59 Å². The molecule has 1 aromatic heterocycles. The van der Waals surface area contributed by atoms with Crippen LogP contribution in [0.3, 0.4) is 0 Å². The molecule has 0 aliphatic carbocycles. The van der Waals surface area contributed by atoms with Crippen molar-refractivity contribution in [3.05, 3.63) is 30.5 Å². The number of carbonyl (C=O) groups is 2. The normalized spacial score (nSPS) is 15.2. The second-order valence-electron chi connectivity index (χ2n) is 6.67. The highest BCUT2D eigenvalue weighted by atomic mass is 16.2. The molecule has 2 heterocycles. The number of amides is 2. The van der Waals surface area contributed by atoms with Crippen LogP contribution in [-0.4, -0.2) is 36.5 Å². The molecule has 2 aromatic rings. The predicted octanol–water partition coefficient (Wildman–Crippen LogP) is 2.11. The highest BCUT2D eigenvalue weighted by molar-refractivity contribution is 5.94. The number of aromatic nitrogens is 1. The Labute approximate surface area is 148 Å². The minimum atomic E-state index is -0.0473. The van der Waals surface area contributed by atoms with Gasteiger partial charge in [0.25, 0.3) is 0 Å². The van der Waals surface area contributed by atoms with Gasteiger partial charge in [0.1, 0.15) is 6.54 Å². The number of fused-ring (bicyclic) bond motifs is 1. The fraction of sp³-hybridized carbons (Fsp3) is 0.474. The van der Waals surface area contributed by atoms with Crippen molar-refractivity contribution in [1.82, 2.24) is 15.2 Å². The average molecular weight is 342 g/mol. The van der Waals surface area contributed by atoms with Crippen LogP contribution in [-0.2, 0) is 16.1 Å². The summed E-state index contributed by atoms with van der Waals surface area (Å²) >= 11 is 0. The van der Waals surface area contributed by atoms with E-state index in [4.69, 9.17) is 0 Å². The quantitative estimate of drug-likeness (QED) is 0.753. The van der Waals surface area contributed by atoms with E-state index in [1.807, 2.05) is 35.0 Å². The minimum absolute atomic E-state index is 0.0473. The van der Waals surface area contributed by atoms with Gasteiger partial charge in [-0.1, -0.05) is 6.07 Å². The Balaban J connectivity index is 1.61. The van der Waals surface area contributed by atoms with Crippen molar-refractivity contribution in [1.29, 1.82) is 0 Å². The van der Waals surface area contributed by atoms with Crippen LogP contribution in [0.4, 0.5) is 5.69 Å². The number of piperidine rings is 1. The largest absolute Gasteiger partial charge is 0.358 e. The zero-order chi connectivity index (χ0) is 17.6. The summed E-state index contributed by atoms with van der Waals surface area (Å²) in [5.74, 6) is 0.662. The Bertz CT molecular complexity index is 747. The van der Waals surface area contributed by atoms with Crippen molar-refractivity contribution in [2.45, 2.75) is 32.2 Å². The lowest BCUT2D eigenvalue weighted by Gasteiger charge is -2.22. The van der Waals surface area contributed by atoms with Gasteiger partial charge in [0.2, 0.25) is 11.8 Å². The number of nitrogens with one attached hydrogen (secondary N) is 3. The van der Waals surface area contributed by atoms with E-state index in [0.717, 1.165) is 48.9 Å². The molecule has 3 rings (SSSR count). The molecule has 0 bridgehead atoms. The maximum Gasteiger partial charge on any atom is 0.239 e. The van der Waals surface area contributed by atoms with Gasteiger partial charge in [0, 0.05) is 25.4 Å². The number of anilines is 1. The molecule has 134 valence electrons. The van der Waals surface area contributed by atoms with Crippen molar-refractivity contribution >= 4 is 28.4 Å². The molecular weight excluding hydrogens is 316 g/mol. The van der Waals surface area contributed by atoms with Crippen molar-refractivity contribution in [3.63, 3.8) is 0 Å². The summed E-state index contributed by atoms with van der Waals surface area (Å²) in [5, 5.41) is 10.0. The predicted molar refractivity (Wildman–Crippen MR) is 99.5 cm³/mol. The highest BCUT2D eigenvalue weighted by Crippen LogP contribution is 2.22. The van der Waals surface area contributed by atoms with Crippen molar-refractivity contribution < 1.29 is 9.59 Å². The average Bonchev–Trinajstić information content (AvgIpc) is 3.03. The highest BCUT2D eigenvalue weighted by Gasteiger charge is 2.15. The number of likely N-dealkylation sites (N-methyl/N-ethyl adjacent to an activating group) is 1. The molecular formula is C19H26N4O2. The zero-order valence-corrected chi connectivity index (χ0v) is 14.7. The summed E-state index contributed by atoms with van der Waals surface area (Å²) in [7, 11) is 1.63. The van der Waals surface area contributed by atoms with Crippen molar-refractivity contribution in [2.75, 3.05) is 25.5 Å². The van der Waals surface area contributed by atoms with E-state index in [1.165, 1.54) is 0 Å². The van der Waals surface area contributed by atoms with E-state index in [-0.39, 0.29) is 18.4 Å². The first kappa shape index (κ1) is 17.5. The second-order valence-corrected chi connectivity index (χ2v) is 6.67. The van der Waals surface area contributed by atoms with Gasteiger partial charge in [-0.25, -0.2) is 0 Å². The van der Waals surface area contributed by atoms with Crippen LogP contribution < -0.4 is 16.0 Å². The lowest BCUT2D eigenvalue weighted by atomic mass is 9.93.